The minimum absolute atomic E-state index is 0.268. The fraction of sp³-hybridized carbons (Fsp3) is 1.00. The van der Waals surface area contributed by atoms with Gasteiger partial charge in [0, 0.05) is 18.6 Å². The van der Waals surface area contributed by atoms with Gasteiger partial charge in [0.1, 0.15) is 0 Å². The maximum Gasteiger partial charge on any atom is 0.0249 e. The number of rotatable bonds is 3. The molecule has 1 N–H and O–H groups in total. The van der Waals surface area contributed by atoms with E-state index in [1.54, 1.807) is 0 Å². The van der Waals surface area contributed by atoms with Gasteiger partial charge in [-0.15, -0.1) is 0 Å². The fourth-order valence-electron chi connectivity index (χ4n) is 1.81. The van der Waals surface area contributed by atoms with E-state index in [-0.39, 0.29) is 5.54 Å². The average molecular weight is 170 g/mol. The SMILES string of the molecule is CNC(C)(C)CN1CCC(C)C1. The molecular formula is C10H22N2. The quantitative estimate of drug-likeness (QED) is 0.687. The van der Waals surface area contributed by atoms with E-state index in [0.29, 0.717) is 0 Å². The molecule has 0 amide bonds. The Balaban J connectivity index is 2.32. The van der Waals surface area contributed by atoms with Crippen molar-refractivity contribution in [2.75, 3.05) is 26.7 Å². The van der Waals surface area contributed by atoms with E-state index in [1.807, 2.05) is 7.05 Å². The normalized spacial score (nSPS) is 26.5. The summed E-state index contributed by atoms with van der Waals surface area (Å²) in [6.45, 7) is 10.6. The van der Waals surface area contributed by atoms with Crippen molar-refractivity contribution in [1.29, 1.82) is 0 Å². The maximum absolute atomic E-state index is 3.34. The van der Waals surface area contributed by atoms with Crippen LogP contribution in [0.4, 0.5) is 0 Å². The van der Waals surface area contributed by atoms with Gasteiger partial charge in [0.2, 0.25) is 0 Å². The molecule has 0 aliphatic carbocycles. The Morgan fingerprint density at radius 1 is 1.50 bits per heavy atom. The summed E-state index contributed by atoms with van der Waals surface area (Å²) < 4.78 is 0. The van der Waals surface area contributed by atoms with Crippen LogP contribution in [0, 0.1) is 5.92 Å². The Morgan fingerprint density at radius 3 is 2.58 bits per heavy atom. The molecule has 1 heterocycles. The van der Waals surface area contributed by atoms with Crippen LogP contribution in [0.1, 0.15) is 27.2 Å². The monoisotopic (exact) mass is 170 g/mol. The predicted octanol–water partition coefficient (Wildman–Crippen LogP) is 1.33. The number of likely N-dealkylation sites (tertiary alicyclic amines) is 1. The number of nitrogens with zero attached hydrogens (tertiary/aromatic N) is 1. The average Bonchev–Trinajstić information content (AvgIpc) is 2.35. The summed E-state index contributed by atoms with van der Waals surface area (Å²) in [5, 5.41) is 3.34. The second-order valence-electron chi connectivity index (χ2n) is 4.76. The van der Waals surface area contributed by atoms with Crippen LogP contribution in [-0.4, -0.2) is 37.1 Å². The van der Waals surface area contributed by atoms with Crippen LogP contribution in [-0.2, 0) is 0 Å². The third-order valence-corrected chi connectivity index (χ3v) is 2.80. The van der Waals surface area contributed by atoms with E-state index in [1.165, 1.54) is 26.1 Å². The number of likely N-dealkylation sites (N-methyl/N-ethyl adjacent to an activating group) is 1. The summed E-state index contributed by atoms with van der Waals surface area (Å²) >= 11 is 0. The molecular weight excluding hydrogens is 148 g/mol. The Labute approximate surface area is 76.3 Å². The molecule has 1 aliphatic heterocycles. The minimum Gasteiger partial charge on any atom is -0.314 e. The smallest absolute Gasteiger partial charge is 0.0249 e. The molecule has 2 nitrogen and oxygen atoms in total. The zero-order valence-electron chi connectivity index (χ0n) is 8.85. The molecule has 1 fully saturated rings. The highest BCUT2D eigenvalue weighted by Crippen LogP contribution is 2.17. The summed E-state index contributed by atoms with van der Waals surface area (Å²) in [5.74, 6) is 0.901. The van der Waals surface area contributed by atoms with Crippen LogP contribution < -0.4 is 5.32 Å². The highest BCUT2D eigenvalue weighted by molar-refractivity contribution is 4.83. The number of hydrogen-bond acceptors (Lipinski definition) is 2. The molecule has 0 radical (unpaired) electrons. The highest BCUT2D eigenvalue weighted by Gasteiger charge is 2.24. The fourth-order valence-corrected chi connectivity index (χ4v) is 1.81. The van der Waals surface area contributed by atoms with Gasteiger partial charge in [-0.25, -0.2) is 0 Å². The van der Waals surface area contributed by atoms with Crippen molar-refractivity contribution < 1.29 is 0 Å². The Morgan fingerprint density at radius 2 is 2.17 bits per heavy atom. The second-order valence-corrected chi connectivity index (χ2v) is 4.76. The molecule has 0 spiro atoms. The molecule has 2 heteroatoms. The minimum atomic E-state index is 0.268. The third kappa shape index (κ3) is 2.76. The second kappa shape index (κ2) is 3.75. The molecule has 12 heavy (non-hydrogen) atoms. The van der Waals surface area contributed by atoms with Gasteiger partial charge in [-0.3, -0.25) is 0 Å². The van der Waals surface area contributed by atoms with Crippen LogP contribution >= 0.6 is 0 Å². The Bertz CT molecular complexity index is 143. The molecule has 0 aromatic carbocycles. The standard InChI is InChI=1S/C10H22N2/c1-9-5-6-12(7-9)8-10(2,3)11-4/h9,11H,5-8H2,1-4H3. The van der Waals surface area contributed by atoms with Crippen molar-refractivity contribution >= 4 is 0 Å². The lowest BCUT2D eigenvalue weighted by molar-refractivity contribution is 0.239. The van der Waals surface area contributed by atoms with Crippen molar-refractivity contribution in [3.8, 4) is 0 Å². The maximum atomic E-state index is 3.34. The van der Waals surface area contributed by atoms with Crippen LogP contribution in [0.15, 0.2) is 0 Å². The number of hydrogen-bond donors (Lipinski definition) is 1. The van der Waals surface area contributed by atoms with Crippen molar-refractivity contribution in [2.24, 2.45) is 5.92 Å². The van der Waals surface area contributed by atoms with Crippen LogP contribution in [0.5, 0.6) is 0 Å². The lowest BCUT2D eigenvalue weighted by Gasteiger charge is -2.29. The molecule has 0 bridgehead atoms. The van der Waals surface area contributed by atoms with Gasteiger partial charge in [-0.2, -0.15) is 0 Å². The van der Waals surface area contributed by atoms with Crippen molar-refractivity contribution in [2.45, 2.75) is 32.7 Å². The lowest BCUT2D eigenvalue weighted by Crippen LogP contribution is -2.46. The highest BCUT2D eigenvalue weighted by atomic mass is 15.2. The molecule has 1 saturated heterocycles. The van der Waals surface area contributed by atoms with Gasteiger partial charge in [-0.05, 0) is 39.8 Å². The lowest BCUT2D eigenvalue weighted by atomic mass is 10.1. The Hall–Kier alpha value is -0.0800. The van der Waals surface area contributed by atoms with Gasteiger partial charge < -0.3 is 10.2 Å². The largest absolute Gasteiger partial charge is 0.314 e. The van der Waals surface area contributed by atoms with Gasteiger partial charge in [0.15, 0.2) is 0 Å². The van der Waals surface area contributed by atoms with E-state index in [0.717, 1.165) is 5.92 Å². The molecule has 1 unspecified atom stereocenters. The first-order valence-electron chi connectivity index (χ1n) is 4.95. The first kappa shape index (κ1) is 10.0. The molecule has 1 atom stereocenters. The summed E-state index contributed by atoms with van der Waals surface area (Å²) in [4.78, 5) is 2.56. The summed E-state index contributed by atoms with van der Waals surface area (Å²) in [7, 11) is 2.04. The first-order chi connectivity index (χ1) is 5.53. The zero-order chi connectivity index (χ0) is 9.19. The molecule has 0 saturated carbocycles. The zero-order valence-corrected chi connectivity index (χ0v) is 8.85. The van der Waals surface area contributed by atoms with Crippen LogP contribution in [0.25, 0.3) is 0 Å². The van der Waals surface area contributed by atoms with Crippen molar-refractivity contribution in [1.82, 2.24) is 10.2 Å². The van der Waals surface area contributed by atoms with Crippen molar-refractivity contribution in [3.63, 3.8) is 0 Å². The summed E-state index contributed by atoms with van der Waals surface area (Å²) in [6.07, 6.45) is 1.37. The predicted molar refractivity (Wildman–Crippen MR) is 53.4 cm³/mol. The Kier molecular flexibility index (Phi) is 3.13. The topological polar surface area (TPSA) is 15.3 Å². The summed E-state index contributed by atoms with van der Waals surface area (Å²) in [5.41, 5.74) is 0.268. The molecule has 1 rings (SSSR count). The van der Waals surface area contributed by atoms with E-state index < -0.39 is 0 Å². The first-order valence-corrected chi connectivity index (χ1v) is 4.95. The van der Waals surface area contributed by atoms with E-state index in [4.69, 9.17) is 0 Å². The third-order valence-electron chi connectivity index (χ3n) is 2.80. The van der Waals surface area contributed by atoms with Gasteiger partial charge >= 0.3 is 0 Å². The van der Waals surface area contributed by atoms with E-state index in [9.17, 15) is 0 Å². The molecule has 0 aromatic heterocycles. The molecule has 72 valence electrons. The molecule has 0 aromatic rings. The van der Waals surface area contributed by atoms with Crippen LogP contribution in [0.2, 0.25) is 0 Å². The summed E-state index contributed by atoms with van der Waals surface area (Å²) in [6, 6.07) is 0. The van der Waals surface area contributed by atoms with E-state index in [2.05, 4.69) is 31.0 Å². The van der Waals surface area contributed by atoms with Gasteiger partial charge in [0.25, 0.3) is 0 Å². The molecule has 1 aliphatic rings. The number of nitrogens with one attached hydrogen (secondary N) is 1. The van der Waals surface area contributed by atoms with Crippen LogP contribution in [0.3, 0.4) is 0 Å². The van der Waals surface area contributed by atoms with Gasteiger partial charge in [-0.1, -0.05) is 6.92 Å². The van der Waals surface area contributed by atoms with E-state index >= 15 is 0 Å². The van der Waals surface area contributed by atoms with Gasteiger partial charge in [0.05, 0.1) is 0 Å². The van der Waals surface area contributed by atoms with Crippen molar-refractivity contribution in [3.05, 3.63) is 0 Å².